The summed E-state index contributed by atoms with van der Waals surface area (Å²) in [6, 6.07) is 8.26. The highest BCUT2D eigenvalue weighted by Gasteiger charge is 2.33. The lowest BCUT2D eigenvalue weighted by atomic mass is 10.1. The fourth-order valence-electron chi connectivity index (χ4n) is 2.66. The highest BCUT2D eigenvalue weighted by molar-refractivity contribution is 5.82. The van der Waals surface area contributed by atoms with Crippen LogP contribution in [0.2, 0.25) is 0 Å². The van der Waals surface area contributed by atoms with Gasteiger partial charge in [0, 0.05) is 32.1 Å². The monoisotopic (exact) mass is 246 g/mol. The molecule has 3 rings (SSSR count). The lowest BCUT2D eigenvalue weighted by molar-refractivity contribution is -0.139. The second-order valence-electron chi connectivity index (χ2n) is 5.06. The maximum Gasteiger partial charge on any atom is 0.264 e. The molecule has 0 bridgehead atoms. The Morgan fingerprint density at radius 3 is 3.06 bits per heavy atom. The Morgan fingerprint density at radius 2 is 2.28 bits per heavy atom. The van der Waals surface area contributed by atoms with E-state index in [1.54, 1.807) is 0 Å². The molecule has 0 spiro atoms. The van der Waals surface area contributed by atoms with E-state index >= 15 is 0 Å². The number of hydrogen-bond donors (Lipinski definition) is 1. The number of carbonyl (C=O) groups is 1. The molecule has 18 heavy (non-hydrogen) atoms. The maximum atomic E-state index is 12.4. The van der Waals surface area contributed by atoms with Crippen molar-refractivity contribution in [1.29, 1.82) is 0 Å². The minimum Gasteiger partial charge on any atom is -0.480 e. The number of piperazine rings is 1. The molecule has 1 N–H and O–H groups in total. The molecule has 0 aliphatic carbocycles. The number of benzene rings is 1. The van der Waals surface area contributed by atoms with Crippen LogP contribution >= 0.6 is 0 Å². The van der Waals surface area contributed by atoms with Gasteiger partial charge >= 0.3 is 0 Å². The van der Waals surface area contributed by atoms with Gasteiger partial charge < -0.3 is 15.0 Å². The van der Waals surface area contributed by atoms with E-state index in [4.69, 9.17) is 4.74 Å². The summed E-state index contributed by atoms with van der Waals surface area (Å²) in [6.07, 6.45) is 0.375. The molecular formula is C14H18N2O2. The van der Waals surface area contributed by atoms with Crippen LogP contribution in [0.3, 0.4) is 0 Å². The van der Waals surface area contributed by atoms with Crippen LogP contribution < -0.4 is 10.1 Å². The second-order valence-corrected chi connectivity index (χ2v) is 5.06. The van der Waals surface area contributed by atoms with Crippen molar-refractivity contribution >= 4 is 5.91 Å². The van der Waals surface area contributed by atoms with Crippen molar-refractivity contribution in [2.75, 3.05) is 19.6 Å². The quantitative estimate of drug-likeness (QED) is 0.797. The van der Waals surface area contributed by atoms with Crippen LogP contribution in [-0.2, 0) is 11.2 Å². The van der Waals surface area contributed by atoms with E-state index in [2.05, 4.69) is 12.2 Å². The third kappa shape index (κ3) is 2.08. The van der Waals surface area contributed by atoms with E-state index in [0.29, 0.717) is 12.5 Å². The molecule has 2 aliphatic heterocycles. The van der Waals surface area contributed by atoms with Crippen molar-refractivity contribution in [2.45, 2.75) is 25.5 Å². The molecule has 4 nitrogen and oxygen atoms in total. The van der Waals surface area contributed by atoms with Gasteiger partial charge in [-0.2, -0.15) is 0 Å². The van der Waals surface area contributed by atoms with E-state index in [1.165, 1.54) is 0 Å². The summed E-state index contributed by atoms with van der Waals surface area (Å²) in [7, 11) is 0. The Labute approximate surface area is 107 Å². The number of para-hydroxylation sites is 1. The number of nitrogens with one attached hydrogen (secondary N) is 1. The lowest BCUT2D eigenvalue weighted by Gasteiger charge is -2.33. The average molecular weight is 246 g/mol. The van der Waals surface area contributed by atoms with Gasteiger partial charge in [0.05, 0.1) is 0 Å². The van der Waals surface area contributed by atoms with E-state index in [0.717, 1.165) is 30.9 Å². The first-order chi connectivity index (χ1) is 8.74. The molecule has 0 aromatic heterocycles. The average Bonchev–Trinajstić information content (AvgIpc) is 2.81. The molecule has 0 saturated carbocycles. The topological polar surface area (TPSA) is 41.6 Å². The summed E-state index contributed by atoms with van der Waals surface area (Å²) in [5.74, 6) is 0.985. The molecule has 1 aromatic carbocycles. The molecule has 0 radical (unpaired) electrons. The van der Waals surface area contributed by atoms with Crippen LogP contribution in [0, 0.1) is 0 Å². The number of fused-ring (bicyclic) bond motifs is 1. The SMILES string of the molecule is C[C@@H]1CN(C(=O)C2Cc3ccccc3O2)CCN1. The first-order valence-corrected chi connectivity index (χ1v) is 6.51. The third-order valence-electron chi connectivity index (χ3n) is 3.60. The number of carbonyl (C=O) groups excluding carboxylic acids is 1. The second kappa shape index (κ2) is 4.61. The van der Waals surface area contributed by atoms with Gasteiger partial charge in [-0.1, -0.05) is 18.2 Å². The molecule has 2 aliphatic rings. The van der Waals surface area contributed by atoms with Crippen molar-refractivity contribution < 1.29 is 9.53 Å². The number of ether oxygens (including phenoxy) is 1. The predicted molar refractivity (Wildman–Crippen MR) is 68.6 cm³/mol. The summed E-state index contributed by atoms with van der Waals surface area (Å²) in [4.78, 5) is 14.3. The standard InChI is InChI=1S/C14H18N2O2/c1-10-9-16(7-6-15-10)14(17)13-8-11-4-2-3-5-12(11)18-13/h2-5,10,13,15H,6-9H2,1H3/t10-,13?/m1/s1. The summed E-state index contributed by atoms with van der Waals surface area (Å²) >= 11 is 0. The van der Waals surface area contributed by atoms with Gasteiger partial charge in [0.15, 0.2) is 6.10 Å². The van der Waals surface area contributed by atoms with Gasteiger partial charge in [-0.15, -0.1) is 0 Å². The number of rotatable bonds is 1. The summed E-state index contributed by atoms with van der Waals surface area (Å²) in [6.45, 7) is 4.52. The Morgan fingerprint density at radius 1 is 1.44 bits per heavy atom. The van der Waals surface area contributed by atoms with Crippen molar-refractivity contribution in [1.82, 2.24) is 10.2 Å². The summed E-state index contributed by atoms with van der Waals surface area (Å²) in [5, 5.41) is 3.34. The van der Waals surface area contributed by atoms with Gasteiger partial charge in [-0.3, -0.25) is 4.79 Å². The van der Waals surface area contributed by atoms with E-state index in [9.17, 15) is 4.79 Å². The normalized spacial score (nSPS) is 26.6. The molecule has 96 valence electrons. The molecule has 1 amide bonds. The smallest absolute Gasteiger partial charge is 0.264 e. The van der Waals surface area contributed by atoms with Gasteiger partial charge in [0.2, 0.25) is 0 Å². The van der Waals surface area contributed by atoms with Crippen LogP contribution in [-0.4, -0.2) is 42.6 Å². The van der Waals surface area contributed by atoms with Crippen LogP contribution in [0.1, 0.15) is 12.5 Å². The Kier molecular flexibility index (Phi) is 2.96. The van der Waals surface area contributed by atoms with Crippen LogP contribution in [0.15, 0.2) is 24.3 Å². The van der Waals surface area contributed by atoms with Gasteiger partial charge in [0.1, 0.15) is 5.75 Å². The zero-order chi connectivity index (χ0) is 12.5. The first-order valence-electron chi connectivity index (χ1n) is 6.51. The van der Waals surface area contributed by atoms with Crippen LogP contribution in [0.25, 0.3) is 0 Å². The Balaban J connectivity index is 1.68. The lowest BCUT2D eigenvalue weighted by Crippen LogP contribution is -2.54. The molecule has 2 atom stereocenters. The zero-order valence-electron chi connectivity index (χ0n) is 10.6. The molecule has 1 aromatic rings. The minimum absolute atomic E-state index is 0.125. The molecule has 1 unspecified atom stereocenters. The minimum atomic E-state index is -0.326. The highest BCUT2D eigenvalue weighted by atomic mass is 16.5. The van der Waals surface area contributed by atoms with Crippen molar-refractivity contribution in [3.05, 3.63) is 29.8 Å². The maximum absolute atomic E-state index is 12.4. The molecular weight excluding hydrogens is 228 g/mol. The largest absolute Gasteiger partial charge is 0.480 e. The van der Waals surface area contributed by atoms with Gasteiger partial charge in [-0.25, -0.2) is 0 Å². The van der Waals surface area contributed by atoms with Crippen LogP contribution in [0.4, 0.5) is 0 Å². The summed E-state index contributed by atoms with van der Waals surface area (Å²) in [5.41, 5.74) is 1.14. The van der Waals surface area contributed by atoms with Gasteiger partial charge in [-0.05, 0) is 18.6 Å². The van der Waals surface area contributed by atoms with Gasteiger partial charge in [0.25, 0.3) is 5.91 Å². The van der Waals surface area contributed by atoms with E-state index < -0.39 is 0 Å². The number of hydrogen-bond acceptors (Lipinski definition) is 3. The first kappa shape index (κ1) is 11.5. The van der Waals surface area contributed by atoms with Crippen LogP contribution in [0.5, 0.6) is 5.75 Å². The summed E-state index contributed by atoms with van der Waals surface area (Å²) < 4.78 is 5.75. The fourth-order valence-corrected chi connectivity index (χ4v) is 2.66. The van der Waals surface area contributed by atoms with Crippen molar-refractivity contribution in [2.24, 2.45) is 0 Å². The molecule has 1 saturated heterocycles. The van der Waals surface area contributed by atoms with Crippen molar-refractivity contribution in [3.8, 4) is 5.75 Å². The van der Waals surface area contributed by atoms with Crippen molar-refractivity contribution in [3.63, 3.8) is 0 Å². The molecule has 2 heterocycles. The van der Waals surface area contributed by atoms with E-state index in [1.807, 2.05) is 29.2 Å². The Hall–Kier alpha value is -1.55. The molecule has 4 heteroatoms. The number of amides is 1. The number of nitrogens with zero attached hydrogens (tertiary/aromatic N) is 1. The van der Waals surface area contributed by atoms with E-state index in [-0.39, 0.29) is 12.0 Å². The Bertz CT molecular complexity index is 436. The zero-order valence-corrected chi connectivity index (χ0v) is 10.6. The highest BCUT2D eigenvalue weighted by Crippen LogP contribution is 2.29. The third-order valence-corrected chi connectivity index (χ3v) is 3.60. The molecule has 1 fully saturated rings. The fraction of sp³-hybridized carbons (Fsp3) is 0.500. The predicted octanol–water partition coefficient (Wildman–Crippen LogP) is 0.810.